The number of benzene rings is 2. The van der Waals surface area contributed by atoms with Crippen LogP contribution in [0.5, 0.6) is 0 Å². The van der Waals surface area contributed by atoms with Gasteiger partial charge in [-0.2, -0.15) is 0 Å². The molecule has 4 rings (SSSR count). The molecule has 28 heavy (non-hydrogen) atoms. The lowest BCUT2D eigenvalue weighted by atomic mass is 10.3. The van der Waals surface area contributed by atoms with Gasteiger partial charge in [0.15, 0.2) is 0 Å². The normalized spacial score (nSPS) is 11.6. The lowest BCUT2D eigenvalue weighted by molar-refractivity contribution is 0.588. The Balaban J connectivity index is 1.83. The van der Waals surface area contributed by atoms with E-state index in [1.54, 1.807) is 36.5 Å². The number of aromatic nitrogens is 2. The van der Waals surface area contributed by atoms with Gasteiger partial charge in [0.25, 0.3) is 10.0 Å². The molecular weight excluding hydrogens is 401 g/mol. The van der Waals surface area contributed by atoms with Gasteiger partial charge in [0.05, 0.1) is 34.0 Å². The van der Waals surface area contributed by atoms with E-state index < -0.39 is 15.8 Å². The van der Waals surface area contributed by atoms with Crippen molar-refractivity contribution in [2.24, 2.45) is 0 Å². The highest BCUT2D eigenvalue weighted by molar-refractivity contribution is 7.92. The summed E-state index contributed by atoms with van der Waals surface area (Å²) in [5.74, 6) is -0.673. The van der Waals surface area contributed by atoms with Crippen molar-refractivity contribution in [1.82, 2.24) is 9.38 Å². The fourth-order valence-corrected chi connectivity index (χ4v) is 4.63. The Kier molecular flexibility index (Phi) is 4.78. The summed E-state index contributed by atoms with van der Waals surface area (Å²) in [7, 11) is -4.00. The summed E-state index contributed by atoms with van der Waals surface area (Å²) in [5, 5.41) is -0.246. The van der Waals surface area contributed by atoms with Crippen LogP contribution in [0, 0.1) is 5.82 Å². The Hall–Kier alpha value is -2.90. The summed E-state index contributed by atoms with van der Waals surface area (Å²) < 4.78 is 43.4. The molecule has 0 aliphatic rings. The topological polar surface area (TPSA) is 54.7 Å². The Morgan fingerprint density at radius 2 is 1.79 bits per heavy atom. The molecule has 2 heterocycles. The molecule has 0 fully saturated rings. The monoisotopic (exact) mass is 415 g/mol. The van der Waals surface area contributed by atoms with Crippen molar-refractivity contribution in [3.05, 3.63) is 95.7 Å². The third-order valence-electron chi connectivity index (χ3n) is 4.32. The number of rotatable bonds is 5. The van der Waals surface area contributed by atoms with Gasteiger partial charge in [-0.05, 0) is 42.5 Å². The number of pyridine rings is 1. The Bertz CT molecular complexity index is 1240. The molecule has 4 aromatic rings. The summed E-state index contributed by atoms with van der Waals surface area (Å²) in [5.41, 5.74) is 1.89. The largest absolute Gasteiger partial charge is 0.302 e. The Morgan fingerprint density at radius 3 is 2.54 bits per heavy atom. The number of para-hydroxylation sites is 1. The summed E-state index contributed by atoms with van der Waals surface area (Å²) in [4.78, 5) is 4.23. The first-order chi connectivity index (χ1) is 13.5. The molecule has 0 atom stereocenters. The van der Waals surface area contributed by atoms with Crippen molar-refractivity contribution >= 4 is 33.0 Å². The minimum Gasteiger partial charge on any atom is -0.302 e. The lowest BCUT2D eigenvalue weighted by Crippen LogP contribution is -2.31. The van der Waals surface area contributed by atoms with Crippen LogP contribution in [-0.4, -0.2) is 17.8 Å². The second-order valence-corrected chi connectivity index (χ2v) is 8.37. The van der Waals surface area contributed by atoms with E-state index in [4.69, 9.17) is 11.6 Å². The van der Waals surface area contributed by atoms with Crippen LogP contribution in [-0.2, 0) is 16.6 Å². The van der Waals surface area contributed by atoms with Gasteiger partial charge in [-0.1, -0.05) is 35.9 Å². The number of sulfonamides is 1. The minimum absolute atomic E-state index is 0.0481. The van der Waals surface area contributed by atoms with Crippen LogP contribution >= 0.6 is 11.6 Å². The van der Waals surface area contributed by atoms with Gasteiger partial charge in [-0.15, -0.1) is 0 Å². The van der Waals surface area contributed by atoms with Crippen LogP contribution < -0.4 is 4.31 Å². The molecule has 2 aromatic heterocycles. The molecule has 0 aliphatic heterocycles. The zero-order valence-corrected chi connectivity index (χ0v) is 16.1. The molecule has 0 spiro atoms. The number of fused-ring (bicyclic) bond motifs is 1. The van der Waals surface area contributed by atoms with Crippen LogP contribution in [0.4, 0.5) is 10.1 Å². The second kappa shape index (κ2) is 7.26. The number of hydrogen-bond acceptors (Lipinski definition) is 3. The zero-order valence-electron chi connectivity index (χ0n) is 14.5. The van der Waals surface area contributed by atoms with Crippen LogP contribution in [0.2, 0.25) is 5.02 Å². The lowest BCUT2D eigenvalue weighted by Gasteiger charge is -2.24. The van der Waals surface area contributed by atoms with Gasteiger partial charge >= 0.3 is 0 Å². The predicted octanol–water partition coefficient (Wildman–Crippen LogP) is 4.52. The van der Waals surface area contributed by atoms with Gasteiger partial charge in [-0.3, -0.25) is 4.31 Å². The second-order valence-electron chi connectivity index (χ2n) is 6.10. The maximum absolute atomic E-state index is 13.5. The number of imidazole rings is 1. The van der Waals surface area contributed by atoms with Gasteiger partial charge in [-0.25, -0.2) is 17.8 Å². The van der Waals surface area contributed by atoms with Crippen LogP contribution in [0.25, 0.3) is 5.65 Å². The van der Waals surface area contributed by atoms with Gasteiger partial charge in [0.2, 0.25) is 0 Å². The molecule has 0 amide bonds. The molecule has 0 unspecified atom stereocenters. The van der Waals surface area contributed by atoms with E-state index in [0.717, 1.165) is 12.1 Å². The maximum atomic E-state index is 13.5. The van der Waals surface area contributed by atoms with Crippen LogP contribution in [0.15, 0.2) is 84.0 Å². The van der Waals surface area contributed by atoms with E-state index in [1.807, 2.05) is 28.8 Å². The first kappa shape index (κ1) is 18.5. The highest BCUT2D eigenvalue weighted by Crippen LogP contribution is 2.28. The van der Waals surface area contributed by atoms with E-state index >= 15 is 0 Å². The van der Waals surface area contributed by atoms with Gasteiger partial charge in [0, 0.05) is 6.20 Å². The molecule has 5 nitrogen and oxygen atoms in total. The Morgan fingerprint density at radius 1 is 1.04 bits per heavy atom. The molecule has 0 N–H and O–H groups in total. The molecule has 0 saturated carbocycles. The molecule has 8 heteroatoms. The molecular formula is C20H15ClFN3O2S. The summed E-state index contributed by atoms with van der Waals surface area (Å²) in [6.45, 7) is 0.0481. The van der Waals surface area contributed by atoms with Gasteiger partial charge < -0.3 is 4.40 Å². The minimum atomic E-state index is -4.00. The van der Waals surface area contributed by atoms with Crippen molar-refractivity contribution in [2.75, 3.05) is 4.31 Å². The number of hydrogen-bond donors (Lipinski definition) is 0. The van der Waals surface area contributed by atoms with Crippen LogP contribution in [0.3, 0.4) is 0 Å². The fourth-order valence-electron chi connectivity index (χ4n) is 2.92. The van der Waals surface area contributed by atoms with Crippen molar-refractivity contribution in [2.45, 2.75) is 11.4 Å². The molecule has 0 radical (unpaired) electrons. The van der Waals surface area contributed by atoms with E-state index in [2.05, 4.69) is 4.98 Å². The standard InChI is InChI=1S/C20H15ClFN3O2S/c21-18-12-17(9-10-19(18)22)28(26,27)25(15-6-2-1-3-7-15)14-16-13-23-20-8-4-5-11-24(16)20/h1-13H,14H2. The maximum Gasteiger partial charge on any atom is 0.264 e. The summed E-state index contributed by atoms with van der Waals surface area (Å²) in [6.07, 6.45) is 3.46. The van der Waals surface area contributed by atoms with Gasteiger partial charge in [0.1, 0.15) is 11.5 Å². The Labute approximate surface area is 166 Å². The predicted molar refractivity (Wildman–Crippen MR) is 106 cm³/mol. The highest BCUT2D eigenvalue weighted by Gasteiger charge is 2.27. The summed E-state index contributed by atoms with van der Waals surface area (Å²) >= 11 is 5.82. The average Bonchev–Trinajstić information content (AvgIpc) is 3.11. The van der Waals surface area contributed by atoms with E-state index in [0.29, 0.717) is 17.0 Å². The molecule has 142 valence electrons. The van der Waals surface area contributed by atoms with E-state index in [9.17, 15) is 12.8 Å². The number of anilines is 1. The third-order valence-corrected chi connectivity index (χ3v) is 6.38. The average molecular weight is 416 g/mol. The molecule has 0 bridgehead atoms. The summed E-state index contributed by atoms with van der Waals surface area (Å²) in [6, 6.07) is 17.6. The quantitative estimate of drug-likeness (QED) is 0.481. The van der Waals surface area contributed by atoms with Crippen molar-refractivity contribution in [3.63, 3.8) is 0 Å². The number of nitrogens with zero attached hydrogens (tertiary/aromatic N) is 3. The molecule has 0 aliphatic carbocycles. The van der Waals surface area contributed by atoms with E-state index in [-0.39, 0.29) is 16.5 Å². The fraction of sp³-hybridized carbons (Fsp3) is 0.0500. The number of halogens is 2. The van der Waals surface area contributed by atoms with Crippen molar-refractivity contribution in [1.29, 1.82) is 0 Å². The third kappa shape index (κ3) is 3.34. The molecule has 0 saturated heterocycles. The smallest absolute Gasteiger partial charge is 0.264 e. The zero-order chi connectivity index (χ0) is 19.7. The van der Waals surface area contributed by atoms with Crippen LogP contribution in [0.1, 0.15) is 5.69 Å². The van der Waals surface area contributed by atoms with Crippen molar-refractivity contribution in [3.8, 4) is 0 Å². The molecule has 2 aromatic carbocycles. The van der Waals surface area contributed by atoms with E-state index in [1.165, 1.54) is 10.4 Å². The highest BCUT2D eigenvalue weighted by atomic mass is 35.5. The first-order valence-corrected chi connectivity index (χ1v) is 10.2. The SMILES string of the molecule is O=S(=O)(c1ccc(F)c(Cl)c1)N(Cc1cnc2ccccn12)c1ccccc1. The first-order valence-electron chi connectivity index (χ1n) is 8.40. The van der Waals surface area contributed by atoms with Crippen molar-refractivity contribution < 1.29 is 12.8 Å².